The molecular formula is C16H16N2O3. The third-order valence-corrected chi connectivity index (χ3v) is 2.88. The van der Waals surface area contributed by atoms with Gasteiger partial charge in [-0.15, -0.1) is 0 Å². The fourth-order valence-corrected chi connectivity index (χ4v) is 1.84. The average Bonchev–Trinajstić information content (AvgIpc) is 2.43. The molecule has 0 spiro atoms. The lowest BCUT2D eigenvalue weighted by atomic mass is 10.2. The molecule has 5 nitrogen and oxygen atoms in total. The number of benzene rings is 2. The van der Waals surface area contributed by atoms with Gasteiger partial charge in [0.15, 0.2) is 0 Å². The largest absolute Gasteiger partial charge is 0.506 e. The molecule has 108 valence electrons. The van der Waals surface area contributed by atoms with E-state index < -0.39 is 11.8 Å². The van der Waals surface area contributed by atoms with Crippen molar-refractivity contribution in [1.82, 2.24) is 0 Å². The lowest BCUT2D eigenvalue weighted by molar-refractivity contribution is -0.133. The normalized spacial score (nSPS) is 10.0. The summed E-state index contributed by atoms with van der Waals surface area (Å²) in [5.74, 6) is -1.71. The number of aryl methyl sites for hydroxylation is 2. The molecule has 21 heavy (non-hydrogen) atoms. The van der Waals surface area contributed by atoms with Crippen LogP contribution >= 0.6 is 0 Å². The second-order valence-corrected chi connectivity index (χ2v) is 4.80. The van der Waals surface area contributed by atoms with Gasteiger partial charge in [-0.25, -0.2) is 0 Å². The van der Waals surface area contributed by atoms with Crippen molar-refractivity contribution in [3.63, 3.8) is 0 Å². The Bertz CT molecular complexity index is 696. The molecule has 0 aliphatic rings. The van der Waals surface area contributed by atoms with Crippen LogP contribution in [0.1, 0.15) is 11.1 Å². The smallest absolute Gasteiger partial charge is 0.314 e. The van der Waals surface area contributed by atoms with Gasteiger partial charge in [0.05, 0.1) is 5.69 Å². The van der Waals surface area contributed by atoms with E-state index in [1.807, 2.05) is 19.9 Å². The van der Waals surface area contributed by atoms with Gasteiger partial charge in [0.2, 0.25) is 0 Å². The Hall–Kier alpha value is -2.82. The van der Waals surface area contributed by atoms with Crippen molar-refractivity contribution in [3.05, 3.63) is 53.6 Å². The number of carbonyl (C=O) groups excluding carboxylic acids is 2. The van der Waals surface area contributed by atoms with Crippen LogP contribution in [-0.4, -0.2) is 16.9 Å². The quantitative estimate of drug-likeness (QED) is 0.586. The lowest BCUT2D eigenvalue weighted by Crippen LogP contribution is -2.29. The number of amides is 2. The molecule has 0 unspecified atom stereocenters. The van der Waals surface area contributed by atoms with Gasteiger partial charge < -0.3 is 15.7 Å². The van der Waals surface area contributed by atoms with E-state index >= 15 is 0 Å². The Labute approximate surface area is 122 Å². The number of nitrogens with one attached hydrogen (secondary N) is 2. The van der Waals surface area contributed by atoms with E-state index in [4.69, 9.17) is 0 Å². The number of hydrogen-bond acceptors (Lipinski definition) is 3. The molecule has 3 N–H and O–H groups in total. The van der Waals surface area contributed by atoms with Crippen LogP contribution in [0.4, 0.5) is 11.4 Å². The maximum atomic E-state index is 11.8. The van der Waals surface area contributed by atoms with E-state index in [2.05, 4.69) is 10.6 Å². The summed E-state index contributed by atoms with van der Waals surface area (Å²) in [4.78, 5) is 23.7. The molecule has 0 heterocycles. The predicted octanol–water partition coefficient (Wildman–Crippen LogP) is 2.59. The molecule has 2 rings (SSSR count). The SMILES string of the molecule is Cc1cccc(NC(=O)C(=O)Nc2cc(C)ccc2O)c1. The second-order valence-electron chi connectivity index (χ2n) is 4.80. The van der Waals surface area contributed by atoms with Crippen LogP contribution in [0.15, 0.2) is 42.5 Å². The minimum atomic E-state index is -0.836. The number of rotatable bonds is 2. The number of anilines is 2. The molecule has 0 bridgehead atoms. The maximum Gasteiger partial charge on any atom is 0.314 e. The molecule has 0 aliphatic carbocycles. The zero-order valence-corrected chi connectivity index (χ0v) is 11.8. The molecule has 5 heteroatoms. The zero-order valence-electron chi connectivity index (χ0n) is 11.8. The van der Waals surface area contributed by atoms with Gasteiger partial charge in [0.25, 0.3) is 0 Å². The summed E-state index contributed by atoms with van der Waals surface area (Å²) in [5, 5.41) is 14.5. The first-order chi connectivity index (χ1) is 9.95. The fourth-order valence-electron chi connectivity index (χ4n) is 1.84. The first kappa shape index (κ1) is 14.6. The number of hydrogen-bond donors (Lipinski definition) is 3. The van der Waals surface area contributed by atoms with Gasteiger partial charge >= 0.3 is 11.8 Å². The van der Waals surface area contributed by atoms with Crippen LogP contribution in [0.2, 0.25) is 0 Å². The summed E-state index contributed by atoms with van der Waals surface area (Å²) in [6.07, 6.45) is 0. The van der Waals surface area contributed by atoms with E-state index in [0.29, 0.717) is 5.69 Å². The number of phenolic OH excluding ortho intramolecular Hbond substituents is 1. The third-order valence-electron chi connectivity index (χ3n) is 2.88. The Morgan fingerprint density at radius 2 is 1.57 bits per heavy atom. The van der Waals surface area contributed by atoms with Crippen LogP contribution in [-0.2, 0) is 9.59 Å². The Kier molecular flexibility index (Phi) is 4.23. The summed E-state index contributed by atoms with van der Waals surface area (Å²) in [6, 6.07) is 11.9. The highest BCUT2D eigenvalue weighted by Gasteiger charge is 2.15. The van der Waals surface area contributed by atoms with Crippen LogP contribution in [0.3, 0.4) is 0 Å². The highest BCUT2D eigenvalue weighted by molar-refractivity contribution is 6.43. The predicted molar refractivity (Wildman–Crippen MR) is 81.3 cm³/mol. The van der Waals surface area contributed by atoms with E-state index in [0.717, 1.165) is 11.1 Å². The molecule has 0 aliphatic heterocycles. The van der Waals surface area contributed by atoms with Gasteiger partial charge in [0, 0.05) is 5.69 Å². The Balaban J connectivity index is 2.06. The van der Waals surface area contributed by atoms with Crippen molar-refractivity contribution in [2.75, 3.05) is 10.6 Å². The molecule has 0 radical (unpaired) electrons. The summed E-state index contributed by atoms with van der Waals surface area (Å²) >= 11 is 0. The Morgan fingerprint density at radius 1 is 0.905 bits per heavy atom. The number of carbonyl (C=O) groups is 2. The molecule has 0 saturated heterocycles. The van der Waals surface area contributed by atoms with E-state index in [1.54, 1.807) is 30.3 Å². The summed E-state index contributed by atoms with van der Waals surface area (Å²) in [6.45, 7) is 3.71. The fraction of sp³-hybridized carbons (Fsp3) is 0.125. The van der Waals surface area contributed by atoms with Gasteiger partial charge in [-0.2, -0.15) is 0 Å². The van der Waals surface area contributed by atoms with Crippen molar-refractivity contribution in [2.24, 2.45) is 0 Å². The Morgan fingerprint density at radius 3 is 2.29 bits per heavy atom. The van der Waals surface area contributed by atoms with Crippen LogP contribution < -0.4 is 10.6 Å². The number of aromatic hydroxyl groups is 1. The highest BCUT2D eigenvalue weighted by Crippen LogP contribution is 2.23. The zero-order chi connectivity index (χ0) is 15.4. The van der Waals surface area contributed by atoms with Crippen molar-refractivity contribution in [2.45, 2.75) is 13.8 Å². The third kappa shape index (κ3) is 3.82. The van der Waals surface area contributed by atoms with Crippen LogP contribution in [0.5, 0.6) is 5.75 Å². The molecule has 0 saturated carbocycles. The molecule has 2 aromatic rings. The maximum absolute atomic E-state index is 11.8. The van der Waals surface area contributed by atoms with Gasteiger partial charge in [-0.1, -0.05) is 18.2 Å². The van der Waals surface area contributed by atoms with E-state index in [-0.39, 0.29) is 11.4 Å². The monoisotopic (exact) mass is 284 g/mol. The molecule has 0 atom stereocenters. The van der Waals surface area contributed by atoms with Crippen molar-refractivity contribution >= 4 is 23.2 Å². The van der Waals surface area contributed by atoms with Gasteiger partial charge in [-0.05, 0) is 49.2 Å². The van der Waals surface area contributed by atoms with Crippen molar-refractivity contribution in [3.8, 4) is 5.75 Å². The van der Waals surface area contributed by atoms with Crippen LogP contribution in [0.25, 0.3) is 0 Å². The van der Waals surface area contributed by atoms with Crippen LogP contribution in [0, 0.1) is 13.8 Å². The number of phenols is 1. The van der Waals surface area contributed by atoms with Gasteiger partial charge in [-0.3, -0.25) is 9.59 Å². The molecule has 2 amide bonds. The van der Waals surface area contributed by atoms with Crippen molar-refractivity contribution < 1.29 is 14.7 Å². The second kappa shape index (κ2) is 6.09. The first-order valence-corrected chi connectivity index (χ1v) is 6.44. The molecule has 2 aromatic carbocycles. The minimum absolute atomic E-state index is 0.0858. The molecule has 0 fully saturated rings. The molecular weight excluding hydrogens is 268 g/mol. The average molecular weight is 284 g/mol. The summed E-state index contributed by atoms with van der Waals surface area (Å²) < 4.78 is 0. The standard InChI is InChI=1S/C16H16N2O3/c1-10-4-3-5-12(8-10)17-15(20)16(21)18-13-9-11(2)6-7-14(13)19/h3-9,19H,1-2H3,(H,17,20)(H,18,21). The molecule has 0 aromatic heterocycles. The highest BCUT2D eigenvalue weighted by atomic mass is 16.3. The lowest BCUT2D eigenvalue weighted by Gasteiger charge is -2.09. The topological polar surface area (TPSA) is 78.4 Å². The van der Waals surface area contributed by atoms with Crippen molar-refractivity contribution in [1.29, 1.82) is 0 Å². The van der Waals surface area contributed by atoms with Gasteiger partial charge in [0.1, 0.15) is 5.75 Å². The minimum Gasteiger partial charge on any atom is -0.506 e. The summed E-state index contributed by atoms with van der Waals surface area (Å²) in [5.41, 5.74) is 2.59. The first-order valence-electron chi connectivity index (χ1n) is 6.44. The van der Waals surface area contributed by atoms with E-state index in [1.165, 1.54) is 6.07 Å². The summed E-state index contributed by atoms with van der Waals surface area (Å²) in [7, 11) is 0. The van der Waals surface area contributed by atoms with E-state index in [9.17, 15) is 14.7 Å².